The molecule has 1 unspecified atom stereocenters. The smallest absolute Gasteiger partial charge is 0.126 e. The number of nitrogens with zero attached hydrogens (tertiary/aromatic N) is 1. The third-order valence-corrected chi connectivity index (χ3v) is 3.45. The minimum atomic E-state index is -0.129. The van der Waals surface area contributed by atoms with Crippen LogP contribution in [0.1, 0.15) is 26.3 Å². The molecule has 1 atom stereocenters. The van der Waals surface area contributed by atoms with Crippen molar-refractivity contribution in [2.24, 2.45) is 0 Å². The zero-order valence-corrected chi connectivity index (χ0v) is 11.0. The van der Waals surface area contributed by atoms with Gasteiger partial charge in [0.1, 0.15) is 5.82 Å². The molecule has 1 aliphatic heterocycles. The normalized spacial score (nSPS) is 23.8. The molecule has 17 heavy (non-hydrogen) atoms. The van der Waals surface area contributed by atoms with Gasteiger partial charge in [-0.15, -0.1) is 0 Å². The molecule has 2 nitrogen and oxygen atoms in total. The highest BCUT2D eigenvalue weighted by Gasteiger charge is 2.30. The quantitative estimate of drug-likeness (QED) is 0.806. The van der Waals surface area contributed by atoms with E-state index in [1.807, 2.05) is 19.1 Å². The summed E-state index contributed by atoms with van der Waals surface area (Å²) in [6, 6.07) is 5.81. The van der Waals surface area contributed by atoms with Crippen LogP contribution in [0.4, 0.5) is 10.1 Å². The van der Waals surface area contributed by atoms with Crippen molar-refractivity contribution >= 4 is 5.69 Å². The number of rotatable bonds is 1. The van der Waals surface area contributed by atoms with Gasteiger partial charge in [0.2, 0.25) is 0 Å². The molecule has 0 radical (unpaired) electrons. The number of piperazine rings is 1. The molecule has 1 aliphatic rings. The van der Waals surface area contributed by atoms with Gasteiger partial charge < -0.3 is 10.2 Å². The number of anilines is 1. The second kappa shape index (κ2) is 4.30. The molecule has 0 spiro atoms. The maximum atomic E-state index is 13.3. The average Bonchev–Trinajstić information content (AvgIpc) is 2.26. The number of hydrogen-bond donors (Lipinski definition) is 1. The fourth-order valence-corrected chi connectivity index (χ4v) is 2.33. The van der Waals surface area contributed by atoms with E-state index in [1.165, 1.54) is 0 Å². The summed E-state index contributed by atoms with van der Waals surface area (Å²) < 4.78 is 13.3. The van der Waals surface area contributed by atoms with Gasteiger partial charge in [0.05, 0.1) is 0 Å². The SMILES string of the molecule is Cc1cc(N2CC(C)(C)NCC2C)ccc1F. The van der Waals surface area contributed by atoms with Gasteiger partial charge in [0, 0.05) is 30.4 Å². The lowest BCUT2D eigenvalue weighted by Gasteiger charge is -2.44. The van der Waals surface area contributed by atoms with Crippen molar-refractivity contribution in [2.45, 2.75) is 39.3 Å². The van der Waals surface area contributed by atoms with E-state index in [-0.39, 0.29) is 11.4 Å². The fourth-order valence-electron chi connectivity index (χ4n) is 2.33. The molecular weight excluding hydrogens is 215 g/mol. The van der Waals surface area contributed by atoms with Crippen LogP contribution in [0.5, 0.6) is 0 Å². The summed E-state index contributed by atoms with van der Waals surface area (Å²) in [6.07, 6.45) is 0. The van der Waals surface area contributed by atoms with Crippen LogP contribution >= 0.6 is 0 Å². The van der Waals surface area contributed by atoms with E-state index >= 15 is 0 Å². The molecule has 1 aromatic rings. The summed E-state index contributed by atoms with van der Waals surface area (Å²) in [4.78, 5) is 2.35. The largest absolute Gasteiger partial charge is 0.366 e. The topological polar surface area (TPSA) is 15.3 Å². The third-order valence-electron chi connectivity index (χ3n) is 3.45. The zero-order valence-electron chi connectivity index (χ0n) is 11.0. The van der Waals surface area contributed by atoms with Gasteiger partial charge in [0.15, 0.2) is 0 Å². The van der Waals surface area contributed by atoms with Crippen LogP contribution in [-0.4, -0.2) is 24.7 Å². The van der Waals surface area contributed by atoms with Gasteiger partial charge >= 0.3 is 0 Å². The van der Waals surface area contributed by atoms with E-state index in [1.54, 1.807) is 6.07 Å². The zero-order chi connectivity index (χ0) is 12.6. The predicted octanol–water partition coefficient (Wildman–Crippen LogP) is 2.71. The average molecular weight is 236 g/mol. The number of halogens is 1. The van der Waals surface area contributed by atoms with Crippen LogP contribution in [0.15, 0.2) is 18.2 Å². The van der Waals surface area contributed by atoms with Crippen molar-refractivity contribution in [1.29, 1.82) is 0 Å². The monoisotopic (exact) mass is 236 g/mol. The van der Waals surface area contributed by atoms with E-state index in [2.05, 4.69) is 31.0 Å². The third kappa shape index (κ3) is 2.60. The van der Waals surface area contributed by atoms with Gasteiger partial charge in [0.25, 0.3) is 0 Å². The van der Waals surface area contributed by atoms with Gasteiger partial charge in [-0.3, -0.25) is 0 Å². The molecule has 1 saturated heterocycles. The minimum absolute atomic E-state index is 0.106. The lowest BCUT2D eigenvalue weighted by atomic mass is 9.98. The minimum Gasteiger partial charge on any atom is -0.366 e. The Morgan fingerprint density at radius 1 is 1.41 bits per heavy atom. The highest BCUT2D eigenvalue weighted by atomic mass is 19.1. The summed E-state index contributed by atoms with van der Waals surface area (Å²) >= 11 is 0. The Labute approximate surface area is 103 Å². The van der Waals surface area contributed by atoms with E-state index in [9.17, 15) is 4.39 Å². The summed E-state index contributed by atoms with van der Waals surface area (Å²) in [5, 5.41) is 3.52. The molecule has 0 saturated carbocycles. The van der Waals surface area contributed by atoms with Gasteiger partial charge in [-0.2, -0.15) is 0 Å². The lowest BCUT2D eigenvalue weighted by molar-refractivity contribution is 0.318. The number of aryl methyl sites for hydroxylation is 1. The van der Waals surface area contributed by atoms with Gasteiger partial charge in [-0.05, 0) is 51.5 Å². The number of nitrogens with one attached hydrogen (secondary N) is 1. The van der Waals surface area contributed by atoms with E-state index in [0.29, 0.717) is 11.6 Å². The van der Waals surface area contributed by atoms with Crippen molar-refractivity contribution in [2.75, 3.05) is 18.0 Å². The molecule has 3 heteroatoms. The van der Waals surface area contributed by atoms with Crippen molar-refractivity contribution in [3.8, 4) is 0 Å². The van der Waals surface area contributed by atoms with Crippen LogP contribution in [0.3, 0.4) is 0 Å². The van der Waals surface area contributed by atoms with Gasteiger partial charge in [-0.25, -0.2) is 4.39 Å². The van der Waals surface area contributed by atoms with Crippen molar-refractivity contribution < 1.29 is 4.39 Å². The Morgan fingerprint density at radius 2 is 2.12 bits per heavy atom. The maximum absolute atomic E-state index is 13.3. The van der Waals surface area contributed by atoms with E-state index in [0.717, 1.165) is 18.8 Å². The molecule has 2 rings (SSSR count). The number of hydrogen-bond acceptors (Lipinski definition) is 2. The first-order valence-corrected chi connectivity index (χ1v) is 6.17. The van der Waals surface area contributed by atoms with Crippen LogP contribution in [-0.2, 0) is 0 Å². The predicted molar refractivity (Wildman–Crippen MR) is 70.0 cm³/mol. The summed E-state index contributed by atoms with van der Waals surface area (Å²) in [5.41, 5.74) is 1.94. The van der Waals surface area contributed by atoms with E-state index < -0.39 is 0 Å². The second-order valence-corrected chi connectivity index (χ2v) is 5.68. The van der Waals surface area contributed by atoms with E-state index in [4.69, 9.17) is 0 Å². The molecule has 1 fully saturated rings. The van der Waals surface area contributed by atoms with Crippen molar-refractivity contribution in [1.82, 2.24) is 5.32 Å². The molecule has 1 heterocycles. The molecule has 0 aromatic heterocycles. The van der Waals surface area contributed by atoms with Crippen molar-refractivity contribution in [3.63, 3.8) is 0 Å². The molecule has 0 amide bonds. The lowest BCUT2D eigenvalue weighted by Crippen LogP contribution is -2.61. The summed E-state index contributed by atoms with van der Waals surface area (Å²) in [5.74, 6) is -0.129. The molecule has 0 bridgehead atoms. The van der Waals surface area contributed by atoms with Crippen LogP contribution in [0, 0.1) is 12.7 Å². The maximum Gasteiger partial charge on any atom is 0.126 e. The summed E-state index contributed by atoms with van der Waals surface area (Å²) in [7, 11) is 0. The first kappa shape index (κ1) is 12.4. The molecular formula is C14H21FN2. The van der Waals surface area contributed by atoms with Crippen LogP contribution in [0.2, 0.25) is 0 Å². The molecule has 1 N–H and O–H groups in total. The fraction of sp³-hybridized carbons (Fsp3) is 0.571. The second-order valence-electron chi connectivity index (χ2n) is 5.68. The Balaban J connectivity index is 2.28. The Bertz CT molecular complexity index is 415. The molecule has 1 aromatic carbocycles. The van der Waals surface area contributed by atoms with Crippen LogP contribution in [0.25, 0.3) is 0 Å². The molecule has 94 valence electrons. The first-order valence-electron chi connectivity index (χ1n) is 6.17. The van der Waals surface area contributed by atoms with Gasteiger partial charge in [-0.1, -0.05) is 0 Å². The highest BCUT2D eigenvalue weighted by Crippen LogP contribution is 2.25. The standard InChI is InChI=1S/C14H21FN2/c1-10-7-12(5-6-13(10)15)17-9-14(3,4)16-8-11(17)2/h5-7,11,16H,8-9H2,1-4H3. The number of benzene rings is 1. The van der Waals surface area contributed by atoms with Crippen molar-refractivity contribution in [3.05, 3.63) is 29.6 Å². The highest BCUT2D eigenvalue weighted by molar-refractivity contribution is 5.50. The first-order chi connectivity index (χ1) is 7.89. The summed E-state index contributed by atoms with van der Waals surface area (Å²) in [6.45, 7) is 10.3. The Morgan fingerprint density at radius 3 is 2.76 bits per heavy atom. The van der Waals surface area contributed by atoms with Crippen LogP contribution < -0.4 is 10.2 Å². The Hall–Kier alpha value is -1.09. The Kier molecular flexibility index (Phi) is 3.13. The molecule has 0 aliphatic carbocycles.